The third-order valence-corrected chi connectivity index (χ3v) is 4.85. The van der Waals surface area contributed by atoms with Crippen LogP contribution in [0.15, 0.2) is 30.3 Å². The van der Waals surface area contributed by atoms with Crippen molar-refractivity contribution >= 4 is 0 Å². The van der Waals surface area contributed by atoms with Crippen molar-refractivity contribution in [2.45, 2.75) is 25.2 Å². The molecule has 6 nitrogen and oxygen atoms in total. The highest BCUT2D eigenvalue weighted by molar-refractivity contribution is 5.55. The topological polar surface area (TPSA) is 60.4 Å². The second kappa shape index (κ2) is 7.81. The van der Waals surface area contributed by atoms with E-state index in [-0.39, 0.29) is 12.5 Å². The van der Waals surface area contributed by atoms with Crippen molar-refractivity contribution < 1.29 is 32.8 Å². The molecule has 0 bridgehead atoms. The number of hydrogen-bond acceptors (Lipinski definition) is 6. The van der Waals surface area contributed by atoms with Gasteiger partial charge in [0.2, 0.25) is 12.5 Å². The fourth-order valence-electron chi connectivity index (χ4n) is 3.56. The third-order valence-electron chi connectivity index (χ3n) is 4.85. The van der Waals surface area contributed by atoms with Gasteiger partial charge in [-0.1, -0.05) is 0 Å². The zero-order valence-corrected chi connectivity index (χ0v) is 15.4. The molecule has 1 fully saturated rings. The van der Waals surface area contributed by atoms with Gasteiger partial charge in [0.1, 0.15) is 29.6 Å². The molecule has 0 aliphatic carbocycles. The van der Waals surface area contributed by atoms with E-state index < -0.39 is 23.8 Å². The van der Waals surface area contributed by atoms with Crippen LogP contribution in [0.5, 0.6) is 23.0 Å². The Labute approximate surface area is 161 Å². The highest BCUT2D eigenvalue weighted by Gasteiger charge is 2.30. The zero-order valence-electron chi connectivity index (χ0n) is 15.4. The molecule has 28 heavy (non-hydrogen) atoms. The molecule has 0 spiro atoms. The Hall–Kier alpha value is -2.58. The highest BCUT2D eigenvalue weighted by Crippen LogP contribution is 2.42. The van der Waals surface area contributed by atoms with Gasteiger partial charge in [0.25, 0.3) is 0 Å². The van der Waals surface area contributed by atoms with Gasteiger partial charge in [-0.2, -0.15) is 0 Å². The number of β-amino-alcohol motifs (C(OH)–C–C–N with tert-alkyl or cyclic N) is 1. The van der Waals surface area contributed by atoms with E-state index in [1.807, 2.05) is 12.1 Å². The lowest BCUT2D eigenvalue weighted by Gasteiger charge is -2.36. The second-order valence-corrected chi connectivity index (χ2v) is 6.88. The maximum atomic E-state index is 13.3. The summed E-state index contributed by atoms with van der Waals surface area (Å²) in [6.45, 7) is 1.79. The lowest BCUT2D eigenvalue weighted by atomic mass is 10.0. The first-order valence-electron chi connectivity index (χ1n) is 9.01. The van der Waals surface area contributed by atoms with E-state index in [9.17, 15) is 13.9 Å². The Morgan fingerprint density at radius 2 is 1.93 bits per heavy atom. The average Bonchev–Trinajstić information content (AvgIpc) is 3.11. The van der Waals surface area contributed by atoms with Crippen LogP contribution in [0.1, 0.15) is 12.0 Å². The van der Waals surface area contributed by atoms with Crippen molar-refractivity contribution in [2.75, 3.05) is 27.0 Å². The maximum absolute atomic E-state index is 13.3. The molecule has 150 valence electrons. The minimum Gasteiger partial charge on any atom is -0.493 e. The van der Waals surface area contributed by atoms with E-state index in [2.05, 4.69) is 4.90 Å². The Kier molecular flexibility index (Phi) is 5.23. The van der Waals surface area contributed by atoms with E-state index >= 15 is 0 Å². The van der Waals surface area contributed by atoms with Crippen molar-refractivity contribution in [1.82, 2.24) is 4.90 Å². The number of ether oxygens (including phenoxy) is 4. The van der Waals surface area contributed by atoms with Gasteiger partial charge in [0.05, 0.1) is 7.11 Å². The molecule has 4 rings (SSSR count). The lowest BCUT2D eigenvalue weighted by Crippen LogP contribution is -2.48. The minimum atomic E-state index is -0.781. The summed E-state index contributed by atoms with van der Waals surface area (Å²) in [4.78, 5) is 2.08. The van der Waals surface area contributed by atoms with Crippen LogP contribution in [0.3, 0.4) is 0 Å². The SMILES string of the molecule is COc1cc(CN2CC[C@@H](Oc3cc(F)cc(F)c3)[C@H](O)C2)cc2c1OCO2. The largest absolute Gasteiger partial charge is 0.493 e. The molecule has 2 aliphatic rings. The van der Waals surface area contributed by atoms with Gasteiger partial charge in [0, 0.05) is 37.8 Å². The number of piperidine rings is 1. The fraction of sp³-hybridized carbons (Fsp3) is 0.400. The smallest absolute Gasteiger partial charge is 0.231 e. The molecule has 2 aliphatic heterocycles. The van der Waals surface area contributed by atoms with Crippen LogP contribution >= 0.6 is 0 Å². The van der Waals surface area contributed by atoms with Crippen molar-refractivity contribution in [1.29, 1.82) is 0 Å². The number of methoxy groups -OCH3 is 1. The van der Waals surface area contributed by atoms with Crippen LogP contribution in [0, 0.1) is 11.6 Å². The summed E-state index contributed by atoms with van der Waals surface area (Å²) >= 11 is 0. The van der Waals surface area contributed by atoms with Crippen LogP contribution < -0.4 is 18.9 Å². The third kappa shape index (κ3) is 3.98. The molecule has 1 N–H and O–H groups in total. The number of aliphatic hydroxyl groups is 1. The van der Waals surface area contributed by atoms with Crippen molar-refractivity contribution in [3.8, 4) is 23.0 Å². The van der Waals surface area contributed by atoms with E-state index in [1.54, 1.807) is 7.11 Å². The summed E-state index contributed by atoms with van der Waals surface area (Å²) in [7, 11) is 1.57. The van der Waals surface area contributed by atoms with Crippen molar-refractivity contribution in [3.05, 3.63) is 47.5 Å². The molecule has 0 aromatic heterocycles. The van der Waals surface area contributed by atoms with E-state index in [0.29, 0.717) is 43.3 Å². The van der Waals surface area contributed by atoms with Gasteiger partial charge < -0.3 is 24.1 Å². The van der Waals surface area contributed by atoms with Crippen LogP contribution in [0.25, 0.3) is 0 Å². The molecule has 2 aromatic carbocycles. The van der Waals surface area contributed by atoms with Crippen LogP contribution in [0.4, 0.5) is 8.78 Å². The van der Waals surface area contributed by atoms with Crippen LogP contribution in [-0.4, -0.2) is 49.2 Å². The normalized spacial score (nSPS) is 21.6. The monoisotopic (exact) mass is 393 g/mol. The molecular weight excluding hydrogens is 372 g/mol. The van der Waals surface area contributed by atoms with Gasteiger partial charge >= 0.3 is 0 Å². The second-order valence-electron chi connectivity index (χ2n) is 6.88. The maximum Gasteiger partial charge on any atom is 0.231 e. The van der Waals surface area contributed by atoms with Crippen LogP contribution in [0.2, 0.25) is 0 Å². The predicted octanol–water partition coefficient (Wildman–Crippen LogP) is 2.72. The van der Waals surface area contributed by atoms with Gasteiger partial charge in [-0.15, -0.1) is 0 Å². The number of benzene rings is 2. The van der Waals surface area contributed by atoms with Crippen molar-refractivity contribution in [3.63, 3.8) is 0 Å². The molecule has 1 saturated heterocycles. The van der Waals surface area contributed by atoms with Gasteiger partial charge in [-0.3, -0.25) is 4.90 Å². The Bertz CT molecular complexity index is 842. The standard InChI is InChI=1S/C20H21F2NO5/c1-25-18-4-12(5-19-20(18)27-11-26-19)9-23-3-2-17(16(24)10-23)28-15-7-13(21)6-14(22)8-15/h4-8,16-17,24H,2-3,9-11H2,1H3/t16-,17-/m1/s1. The van der Waals surface area contributed by atoms with E-state index in [0.717, 1.165) is 23.8 Å². The van der Waals surface area contributed by atoms with Gasteiger partial charge in [-0.05, 0) is 24.1 Å². The summed E-state index contributed by atoms with van der Waals surface area (Å²) in [6.07, 6.45) is -0.777. The van der Waals surface area contributed by atoms with Crippen LogP contribution in [-0.2, 0) is 6.54 Å². The molecule has 2 atom stereocenters. The molecule has 0 radical (unpaired) electrons. The molecule has 8 heteroatoms. The number of halogens is 2. The molecule has 0 amide bonds. The molecule has 2 heterocycles. The predicted molar refractivity (Wildman–Crippen MR) is 95.8 cm³/mol. The minimum absolute atomic E-state index is 0.0792. The van der Waals surface area contributed by atoms with Gasteiger partial charge in [0.15, 0.2) is 11.5 Å². The first-order chi connectivity index (χ1) is 13.5. The Morgan fingerprint density at radius 1 is 1.14 bits per heavy atom. The number of fused-ring (bicyclic) bond motifs is 1. The molecule has 0 saturated carbocycles. The summed E-state index contributed by atoms with van der Waals surface area (Å²) in [5, 5.41) is 10.4. The molecular formula is C20H21F2NO5. The molecule has 0 unspecified atom stereocenters. The first kappa shape index (κ1) is 18.8. The molecule has 2 aromatic rings. The number of hydrogen-bond donors (Lipinski definition) is 1. The quantitative estimate of drug-likeness (QED) is 0.843. The Balaban J connectivity index is 1.39. The number of likely N-dealkylation sites (tertiary alicyclic amines) is 1. The van der Waals surface area contributed by atoms with E-state index in [1.165, 1.54) is 0 Å². The van der Waals surface area contributed by atoms with E-state index in [4.69, 9.17) is 18.9 Å². The fourth-order valence-corrected chi connectivity index (χ4v) is 3.56. The van der Waals surface area contributed by atoms with Crippen molar-refractivity contribution in [2.24, 2.45) is 0 Å². The number of rotatable bonds is 5. The lowest BCUT2D eigenvalue weighted by molar-refractivity contribution is -0.0277. The number of aliphatic hydroxyl groups excluding tert-OH is 1. The summed E-state index contributed by atoms with van der Waals surface area (Å²) in [5.74, 6) is 0.506. The number of nitrogens with zero attached hydrogens (tertiary/aromatic N) is 1. The summed E-state index contributed by atoms with van der Waals surface area (Å²) in [5.41, 5.74) is 0.972. The summed E-state index contributed by atoms with van der Waals surface area (Å²) < 4.78 is 48.5. The summed E-state index contributed by atoms with van der Waals surface area (Å²) in [6, 6.07) is 6.79. The zero-order chi connectivity index (χ0) is 19.7. The van der Waals surface area contributed by atoms with Gasteiger partial charge in [-0.25, -0.2) is 8.78 Å². The highest BCUT2D eigenvalue weighted by atomic mass is 19.1. The first-order valence-corrected chi connectivity index (χ1v) is 9.01. The average molecular weight is 393 g/mol. The Morgan fingerprint density at radius 3 is 2.64 bits per heavy atom.